The van der Waals surface area contributed by atoms with E-state index in [2.05, 4.69) is 10.1 Å². The molecule has 1 aromatic heterocycles. The monoisotopic (exact) mass is 614 g/mol. The molecule has 1 atom stereocenters. The summed E-state index contributed by atoms with van der Waals surface area (Å²) in [5.41, 5.74) is -3.05. The van der Waals surface area contributed by atoms with Crippen LogP contribution in [0.4, 0.5) is 8.78 Å². The van der Waals surface area contributed by atoms with E-state index in [4.69, 9.17) is 4.52 Å². The van der Waals surface area contributed by atoms with Crippen LogP contribution in [0.2, 0.25) is 0 Å². The van der Waals surface area contributed by atoms with Crippen LogP contribution in [-0.4, -0.2) is 25.7 Å². The summed E-state index contributed by atoms with van der Waals surface area (Å²) in [6.45, 7) is 1.71. The zero-order chi connectivity index (χ0) is 31.4. The smallest absolute Gasteiger partial charge is 0.334 e. The molecule has 0 saturated heterocycles. The van der Waals surface area contributed by atoms with Crippen molar-refractivity contribution < 1.29 is 32.5 Å². The van der Waals surface area contributed by atoms with Gasteiger partial charge in [-0.05, 0) is 48.6 Å². The van der Waals surface area contributed by atoms with Gasteiger partial charge in [-0.25, -0.2) is 0 Å². The molecule has 7 nitrogen and oxygen atoms in total. The Bertz CT molecular complexity index is 1800. The first-order valence-corrected chi connectivity index (χ1v) is 15.4. The van der Waals surface area contributed by atoms with Gasteiger partial charge in [-0.3, -0.25) is 9.36 Å². The van der Waals surface area contributed by atoms with Crippen LogP contribution in [0.1, 0.15) is 44.9 Å². The van der Waals surface area contributed by atoms with Crippen molar-refractivity contribution in [1.29, 1.82) is 0 Å². The SMILES string of the molecule is Cc1noc(-c2ccc(C(C/C=C/c3ccccc3)(Cc3ccc(C(F)(F)P(=O)(O)O)cc3)C(=O)c3ccccc3)cc2)n1. The number of allylic oxidation sites excluding steroid dienone is 1. The number of Topliss-reactive ketones (excluding diaryl/α,β-unsaturated/α-hetero) is 1. The molecule has 44 heavy (non-hydrogen) atoms. The summed E-state index contributed by atoms with van der Waals surface area (Å²) < 4.78 is 45.6. The van der Waals surface area contributed by atoms with Gasteiger partial charge in [0.1, 0.15) is 0 Å². The minimum atomic E-state index is -5.74. The number of hydrogen-bond donors (Lipinski definition) is 2. The second-order valence-electron chi connectivity index (χ2n) is 10.5. The van der Waals surface area contributed by atoms with Gasteiger partial charge in [0.2, 0.25) is 0 Å². The quantitative estimate of drug-likeness (QED) is 0.116. The number of halogens is 2. The summed E-state index contributed by atoms with van der Waals surface area (Å²) in [4.78, 5) is 37.2. The lowest BCUT2D eigenvalue weighted by Crippen LogP contribution is -2.38. The molecule has 4 aromatic carbocycles. The van der Waals surface area contributed by atoms with Crippen molar-refractivity contribution in [3.8, 4) is 11.5 Å². The van der Waals surface area contributed by atoms with E-state index in [-0.39, 0.29) is 18.6 Å². The fourth-order valence-corrected chi connectivity index (χ4v) is 5.59. The van der Waals surface area contributed by atoms with Gasteiger partial charge >= 0.3 is 13.3 Å². The van der Waals surface area contributed by atoms with E-state index < -0.39 is 24.2 Å². The number of nitrogens with zero attached hydrogens (tertiary/aromatic N) is 2. The highest BCUT2D eigenvalue weighted by Gasteiger charge is 2.50. The van der Waals surface area contributed by atoms with Gasteiger partial charge in [0.15, 0.2) is 11.6 Å². The zero-order valence-electron chi connectivity index (χ0n) is 23.7. The van der Waals surface area contributed by atoms with Gasteiger partial charge in [0.05, 0.1) is 5.41 Å². The number of rotatable bonds is 11. The summed E-state index contributed by atoms with van der Waals surface area (Å²) in [6, 6.07) is 30.4. The normalized spacial score (nSPS) is 13.6. The maximum absolute atomic E-state index is 14.5. The first-order chi connectivity index (χ1) is 21.0. The molecule has 10 heteroatoms. The lowest BCUT2D eigenvalue weighted by atomic mass is 9.68. The van der Waals surface area contributed by atoms with Gasteiger partial charge in [-0.2, -0.15) is 13.8 Å². The Hall–Kier alpha value is -4.56. The highest BCUT2D eigenvalue weighted by molar-refractivity contribution is 7.52. The van der Waals surface area contributed by atoms with Crippen molar-refractivity contribution in [2.75, 3.05) is 0 Å². The Labute approximate surface area is 253 Å². The van der Waals surface area contributed by atoms with Crippen LogP contribution in [0.25, 0.3) is 17.5 Å². The minimum absolute atomic E-state index is 0.112. The van der Waals surface area contributed by atoms with Gasteiger partial charge in [0, 0.05) is 16.7 Å². The maximum atomic E-state index is 14.5. The van der Waals surface area contributed by atoms with Crippen molar-refractivity contribution in [2.24, 2.45) is 0 Å². The van der Waals surface area contributed by atoms with E-state index in [1.807, 2.05) is 60.7 Å². The number of carbonyl (C=O) groups excluding carboxylic acids is 1. The van der Waals surface area contributed by atoms with Crippen LogP contribution < -0.4 is 0 Å². The predicted molar refractivity (Wildman–Crippen MR) is 163 cm³/mol. The van der Waals surface area contributed by atoms with Crippen LogP contribution in [0.3, 0.4) is 0 Å². The van der Waals surface area contributed by atoms with Crippen LogP contribution >= 0.6 is 7.60 Å². The Morgan fingerprint density at radius 2 is 1.45 bits per heavy atom. The first-order valence-electron chi connectivity index (χ1n) is 13.8. The number of aryl methyl sites for hydroxylation is 1. The lowest BCUT2D eigenvalue weighted by Gasteiger charge is -2.33. The van der Waals surface area contributed by atoms with E-state index in [9.17, 15) is 27.9 Å². The molecular formula is C34H29F2N2O5P. The van der Waals surface area contributed by atoms with Crippen LogP contribution in [-0.2, 0) is 22.1 Å². The first kappa shape index (κ1) is 30.9. The van der Waals surface area contributed by atoms with Crippen LogP contribution in [0.15, 0.2) is 120 Å². The van der Waals surface area contributed by atoms with Gasteiger partial charge in [-0.15, -0.1) is 0 Å². The lowest BCUT2D eigenvalue weighted by molar-refractivity contribution is 0.0564. The molecule has 0 saturated carbocycles. The summed E-state index contributed by atoms with van der Waals surface area (Å²) in [5, 5.41) is 3.85. The zero-order valence-corrected chi connectivity index (χ0v) is 24.6. The largest absolute Gasteiger partial charge is 0.399 e. The number of carbonyl (C=O) groups is 1. The number of aromatic nitrogens is 2. The summed E-state index contributed by atoms with van der Waals surface area (Å²) in [5.74, 6) is 0.637. The third-order valence-electron chi connectivity index (χ3n) is 7.43. The molecule has 5 aromatic rings. The molecule has 0 fully saturated rings. The second-order valence-corrected chi connectivity index (χ2v) is 12.1. The van der Waals surface area contributed by atoms with Crippen molar-refractivity contribution in [3.05, 3.63) is 149 Å². The summed E-state index contributed by atoms with van der Waals surface area (Å²) in [7, 11) is -5.74. The maximum Gasteiger partial charge on any atom is 0.399 e. The Balaban J connectivity index is 1.62. The number of alkyl halides is 2. The topological polar surface area (TPSA) is 114 Å². The fourth-order valence-electron chi connectivity index (χ4n) is 5.11. The molecule has 1 heterocycles. The van der Waals surface area contributed by atoms with Gasteiger partial charge in [0.25, 0.3) is 5.89 Å². The van der Waals surface area contributed by atoms with Crippen LogP contribution in [0, 0.1) is 6.92 Å². The summed E-state index contributed by atoms with van der Waals surface area (Å²) in [6.07, 6.45) is 4.21. The highest BCUT2D eigenvalue weighted by atomic mass is 31.2. The van der Waals surface area contributed by atoms with Crippen LogP contribution in [0.5, 0.6) is 0 Å². The minimum Gasteiger partial charge on any atom is -0.334 e. The number of hydrogen-bond acceptors (Lipinski definition) is 5. The predicted octanol–water partition coefficient (Wildman–Crippen LogP) is 7.74. The summed E-state index contributed by atoms with van der Waals surface area (Å²) >= 11 is 0. The molecule has 1 unspecified atom stereocenters. The molecule has 0 spiro atoms. The number of ketones is 1. The molecule has 0 amide bonds. The number of benzene rings is 4. The standard InChI is InChI=1S/C34H29F2N2O5P/c1-24-37-32(43-38-24)28-16-20-29(21-17-28)33(31(39)27-12-6-3-7-13-27,22-8-11-25-9-4-2-5-10-25)23-26-14-18-30(19-15-26)34(35,36)44(40,41)42/h2-21H,22-23H2,1H3,(H2,40,41,42)/b11-8+. The fraction of sp³-hybridized carbons (Fsp3) is 0.147. The molecule has 0 bridgehead atoms. The molecule has 2 N–H and O–H groups in total. The van der Waals surface area contributed by atoms with E-state index in [0.29, 0.717) is 34.0 Å². The van der Waals surface area contributed by atoms with Crippen molar-refractivity contribution in [3.63, 3.8) is 0 Å². The van der Waals surface area contributed by atoms with Crippen molar-refractivity contribution >= 4 is 19.5 Å². The van der Waals surface area contributed by atoms with E-state index in [0.717, 1.165) is 17.7 Å². The van der Waals surface area contributed by atoms with Gasteiger partial charge in [-0.1, -0.05) is 114 Å². The molecule has 224 valence electrons. The Kier molecular flexibility index (Phi) is 8.83. The molecular weight excluding hydrogens is 585 g/mol. The Morgan fingerprint density at radius 1 is 0.864 bits per heavy atom. The molecule has 0 radical (unpaired) electrons. The highest BCUT2D eigenvalue weighted by Crippen LogP contribution is 2.59. The molecule has 0 aliphatic carbocycles. The average Bonchev–Trinajstić information content (AvgIpc) is 3.47. The second kappa shape index (κ2) is 12.6. The van der Waals surface area contributed by atoms with E-state index >= 15 is 0 Å². The molecule has 5 rings (SSSR count). The van der Waals surface area contributed by atoms with Crippen molar-refractivity contribution in [1.82, 2.24) is 10.1 Å². The third-order valence-corrected chi connectivity index (χ3v) is 8.42. The molecule has 0 aliphatic heterocycles. The van der Waals surface area contributed by atoms with Gasteiger partial charge < -0.3 is 14.3 Å². The van der Waals surface area contributed by atoms with E-state index in [1.165, 1.54) is 12.1 Å². The van der Waals surface area contributed by atoms with Crippen molar-refractivity contribution in [2.45, 2.75) is 30.8 Å². The van der Waals surface area contributed by atoms with E-state index in [1.54, 1.807) is 43.3 Å². The molecule has 0 aliphatic rings. The third kappa shape index (κ3) is 6.50. The average molecular weight is 615 g/mol. The Morgan fingerprint density at radius 3 is 2.02 bits per heavy atom.